The van der Waals surface area contributed by atoms with Crippen LogP contribution in [0.1, 0.15) is 33.1 Å². The van der Waals surface area contributed by atoms with Crippen LogP contribution in [0.3, 0.4) is 0 Å². The van der Waals surface area contributed by atoms with Crippen LogP contribution in [0.25, 0.3) is 0 Å². The number of Topliss-reactive ketones (excluding diaryl/α,β-unsaturated/α-hetero) is 2. The van der Waals surface area contributed by atoms with Crippen LogP contribution in [0.4, 0.5) is 0 Å². The van der Waals surface area contributed by atoms with E-state index in [1.807, 2.05) is 26.0 Å². The third-order valence-electron chi connectivity index (χ3n) is 4.27. The van der Waals surface area contributed by atoms with Crippen molar-refractivity contribution in [2.45, 2.75) is 41.8 Å². The van der Waals surface area contributed by atoms with Gasteiger partial charge in [-0.15, -0.1) is 0 Å². The van der Waals surface area contributed by atoms with Crippen molar-refractivity contribution in [2.75, 3.05) is 0 Å². The predicted molar refractivity (Wildman–Crippen MR) is 99.5 cm³/mol. The summed E-state index contributed by atoms with van der Waals surface area (Å²) in [5, 5.41) is 0. The number of alkyl halides is 2. The van der Waals surface area contributed by atoms with Crippen molar-refractivity contribution in [3.63, 3.8) is 0 Å². The molecule has 4 unspecified atom stereocenters. The first-order chi connectivity index (χ1) is 9.56. The van der Waals surface area contributed by atoms with E-state index in [1.54, 1.807) is 0 Å². The highest BCUT2D eigenvalue weighted by molar-refractivity contribution is 9.12. The highest BCUT2D eigenvalue weighted by atomic mass is 79.9. The van der Waals surface area contributed by atoms with E-state index < -0.39 is 0 Å². The molecule has 0 aromatic heterocycles. The molecule has 0 aromatic carbocycles. The van der Waals surface area contributed by atoms with Crippen molar-refractivity contribution in [1.29, 1.82) is 0 Å². The average Bonchev–Trinajstić information content (AvgIpc) is 2.65. The Bertz CT molecular complexity index is 498. The third-order valence-corrected chi connectivity index (χ3v) is 7.07. The van der Waals surface area contributed by atoms with Crippen molar-refractivity contribution >= 4 is 75.3 Å². The summed E-state index contributed by atoms with van der Waals surface area (Å²) in [6.45, 7) is 4.02. The third kappa shape index (κ3) is 3.64. The molecule has 2 aliphatic rings. The highest BCUT2D eigenvalue weighted by Crippen LogP contribution is 2.45. The molecule has 2 aliphatic carbocycles. The molecule has 0 saturated carbocycles. The molecule has 0 spiro atoms. The van der Waals surface area contributed by atoms with Crippen LogP contribution in [0.2, 0.25) is 0 Å². The van der Waals surface area contributed by atoms with E-state index in [2.05, 4.69) is 63.7 Å². The summed E-state index contributed by atoms with van der Waals surface area (Å²) in [6.07, 6.45) is 6.24. The van der Waals surface area contributed by atoms with E-state index >= 15 is 0 Å². The minimum absolute atomic E-state index is 0.0682. The molecule has 0 bridgehead atoms. The fourth-order valence-corrected chi connectivity index (χ4v) is 6.49. The Labute approximate surface area is 158 Å². The van der Waals surface area contributed by atoms with E-state index in [-0.39, 0.29) is 32.1 Å². The lowest BCUT2D eigenvalue weighted by molar-refractivity contribution is -0.118. The molecule has 0 amide bonds. The zero-order valence-corrected chi connectivity index (χ0v) is 18.1. The first-order valence-electron chi connectivity index (χ1n) is 6.79. The largest absolute Gasteiger partial charge is 0.293 e. The van der Waals surface area contributed by atoms with Crippen LogP contribution in [-0.4, -0.2) is 20.2 Å². The first-order valence-corrected chi connectivity index (χ1v) is 9.96. The maximum Gasteiger partial charge on any atom is 0.174 e. The minimum atomic E-state index is -0.293. The topological polar surface area (TPSA) is 34.1 Å². The van der Waals surface area contributed by atoms with Gasteiger partial charge in [-0.05, 0) is 70.7 Å². The molecule has 0 heterocycles. The fraction of sp³-hybridized carbons (Fsp3) is 0.600. The van der Waals surface area contributed by atoms with Gasteiger partial charge in [0.2, 0.25) is 0 Å². The van der Waals surface area contributed by atoms with E-state index in [0.29, 0.717) is 8.96 Å². The van der Waals surface area contributed by atoms with Gasteiger partial charge in [0.25, 0.3) is 0 Å². The van der Waals surface area contributed by atoms with Gasteiger partial charge in [0.1, 0.15) is 0 Å². The molecule has 116 valence electrons. The summed E-state index contributed by atoms with van der Waals surface area (Å²) in [7, 11) is 0. The molecule has 2 rings (SSSR count). The standard InChI is InChI=1S/C15H16Br4O2/c1-14(18)6-10(16)12(20)8(14)4-3-5-9-13(21)11(17)7-15(9,2)19/h6-9H,3-5H2,1-2H3. The van der Waals surface area contributed by atoms with Crippen molar-refractivity contribution in [3.8, 4) is 0 Å². The molecule has 0 saturated heterocycles. The van der Waals surface area contributed by atoms with Crippen molar-refractivity contribution in [1.82, 2.24) is 0 Å². The number of carbonyl (C=O) groups excluding carboxylic acids is 2. The van der Waals surface area contributed by atoms with Crippen molar-refractivity contribution in [2.24, 2.45) is 11.8 Å². The molecule has 0 aliphatic heterocycles. The molecule has 0 aromatic rings. The molecule has 2 nitrogen and oxygen atoms in total. The van der Waals surface area contributed by atoms with Crippen LogP contribution in [-0.2, 0) is 9.59 Å². The molecule has 0 radical (unpaired) electrons. The molecular formula is C15H16Br4O2. The van der Waals surface area contributed by atoms with Gasteiger partial charge in [-0.1, -0.05) is 38.3 Å². The van der Waals surface area contributed by atoms with E-state index in [4.69, 9.17) is 0 Å². The van der Waals surface area contributed by atoms with Crippen LogP contribution >= 0.6 is 63.7 Å². The predicted octanol–water partition coefficient (Wildman–Crippen LogP) is 5.42. The van der Waals surface area contributed by atoms with Gasteiger partial charge >= 0.3 is 0 Å². The Morgan fingerprint density at radius 3 is 1.48 bits per heavy atom. The highest BCUT2D eigenvalue weighted by Gasteiger charge is 2.44. The number of hydrogen-bond donors (Lipinski definition) is 0. The van der Waals surface area contributed by atoms with Crippen molar-refractivity contribution < 1.29 is 9.59 Å². The first kappa shape index (κ1) is 18.1. The second kappa shape index (κ2) is 6.33. The van der Waals surface area contributed by atoms with Crippen LogP contribution in [0, 0.1) is 11.8 Å². The Morgan fingerprint density at radius 2 is 1.24 bits per heavy atom. The summed E-state index contributed by atoms with van der Waals surface area (Å²) >= 11 is 13.9. The number of rotatable bonds is 4. The molecule has 6 heteroatoms. The van der Waals surface area contributed by atoms with E-state index in [9.17, 15) is 9.59 Å². The lowest BCUT2D eigenvalue weighted by Crippen LogP contribution is -2.29. The number of hydrogen-bond acceptors (Lipinski definition) is 2. The second-order valence-electron chi connectivity index (χ2n) is 6.05. The zero-order chi connectivity index (χ0) is 16.0. The SMILES string of the molecule is CC1(Br)C=C(Br)C(=O)C1CCCC1C(=O)C(Br)=CC1(C)Br. The van der Waals surface area contributed by atoms with Gasteiger partial charge in [0.15, 0.2) is 11.6 Å². The number of carbonyl (C=O) groups is 2. The minimum Gasteiger partial charge on any atom is -0.293 e. The molecular weight excluding hydrogens is 532 g/mol. The Balaban J connectivity index is 1.95. The van der Waals surface area contributed by atoms with Crippen molar-refractivity contribution in [3.05, 3.63) is 21.1 Å². The smallest absolute Gasteiger partial charge is 0.174 e. The zero-order valence-electron chi connectivity index (χ0n) is 11.8. The van der Waals surface area contributed by atoms with E-state index in [1.165, 1.54) is 0 Å². The number of ketones is 2. The van der Waals surface area contributed by atoms with Gasteiger partial charge in [0, 0.05) is 11.8 Å². The normalized spacial score (nSPS) is 39.7. The van der Waals surface area contributed by atoms with Gasteiger partial charge < -0.3 is 0 Å². The summed E-state index contributed by atoms with van der Waals surface area (Å²) in [5.41, 5.74) is 0. The lowest BCUT2D eigenvalue weighted by atomic mass is 9.86. The summed E-state index contributed by atoms with van der Waals surface area (Å²) in [4.78, 5) is 24.3. The van der Waals surface area contributed by atoms with Crippen LogP contribution in [0.5, 0.6) is 0 Å². The van der Waals surface area contributed by atoms with Gasteiger partial charge in [-0.25, -0.2) is 0 Å². The average molecular weight is 548 g/mol. The molecule has 0 N–H and O–H groups in total. The monoisotopic (exact) mass is 544 g/mol. The van der Waals surface area contributed by atoms with Crippen LogP contribution < -0.4 is 0 Å². The second-order valence-corrected chi connectivity index (χ2v) is 11.2. The Morgan fingerprint density at radius 1 is 0.905 bits per heavy atom. The Kier molecular flexibility index (Phi) is 5.45. The summed E-state index contributed by atoms with van der Waals surface area (Å²) in [6, 6.07) is 0. The quantitative estimate of drug-likeness (QED) is 0.441. The summed E-state index contributed by atoms with van der Waals surface area (Å²) in [5.74, 6) is 0.156. The van der Waals surface area contributed by atoms with Gasteiger partial charge in [-0.2, -0.15) is 0 Å². The molecule has 21 heavy (non-hydrogen) atoms. The molecule has 4 atom stereocenters. The van der Waals surface area contributed by atoms with Gasteiger partial charge in [-0.3, -0.25) is 9.59 Å². The Hall–Kier alpha value is 0.740. The number of allylic oxidation sites excluding steroid dienone is 4. The van der Waals surface area contributed by atoms with Gasteiger partial charge in [0.05, 0.1) is 17.6 Å². The number of halogens is 4. The molecule has 0 fully saturated rings. The van der Waals surface area contributed by atoms with E-state index in [0.717, 1.165) is 19.3 Å². The lowest BCUT2D eigenvalue weighted by Gasteiger charge is -2.25. The maximum atomic E-state index is 12.2. The van der Waals surface area contributed by atoms with Crippen LogP contribution in [0.15, 0.2) is 21.1 Å². The maximum absolute atomic E-state index is 12.2. The fourth-order valence-electron chi connectivity index (χ4n) is 3.04. The summed E-state index contributed by atoms with van der Waals surface area (Å²) < 4.78 is 0.718.